The molecule has 1 aromatic rings. The molecule has 5 nitrogen and oxygen atoms in total. The second-order valence-electron chi connectivity index (χ2n) is 6.35. The van der Waals surface area contributed by atoms with Crippen molar-refractivity contribution in [3.05, 3.63) is 29.8 Å². The largest absolute Gasteiger partial charge is 0.350 e. The summed E-state index contributed by atoms with van der Waals surface area (Å²) in [6, 6.07) is 7.48. The first-order chi connectivity index (χ1) is 10.8. The van der Waals surface area contributed by atoms with E-state index in [9.17, 15) is 9.59 Å². The van der Waals surface area contributed by atoms with Gasteiger partial charge >= 0.3 is 0 Å². The monoisotopic (exact) mass is 355 g/mol. The number of rotatable bonds is 8. The molecule has 0 aliphatic heterocycles. The van der Waals surface area contributed by atoms with E-state index in [1.807, 2.05) is 45.0 Å². The zero-order valence-electron chi connectivity index (χ0n) is 15.0. The molecule has 0 aliphatic rings. The highest BCUT2D eigenvalue weighted by Gasteiger charge is 2.26. The molecule has 0 heterocycles. The Morgan fingerprint density at radius 3 is 2.54 bits per heavy atom. The quantitative estimate of drug-likeness (QED) is 0.669. The number of nitrogens with one attached hydrogen (secondary N) is 2. The van der Waals surface area contributed by atoms with Crippen molar-refractivity contribution in [1.29, 1.82) is 0 Å². The highest BCUT2D eigenvalue weighted by molar-refractivity contribution is 5.92. The summed E-state index contributed by atoms with van der Waals surface area (Å²) in [7, 11) is 0. The van der Waals surface area contributed by atoms with Gasteiger partial charge in [-0.2, -0.15) is 0 Å². The topological polar surface area (TPSA) is 84.2 Å². The molecular formula is C18H30ClN3O2. The van der Waals surface area contributed by atoms with E-state index < -0.39 is 5.54 Å². The van der Waals surface area contributed by atoms with Crippen LogP contribution in [0.15, 0.2) is 24.3 Å². The number of hydrogen-bond donors (Lipinski definition) is 3. The lowest BCUT2D eigenvalue weighted by molar-refractivity contribution is -0.126. The summed E-state index contributed by atoms with van der Waals surface area (Å²) in [6.45, 7) is 8.02. The summed E-state index contributed by atoms with van der Waals surface area (Å²) in [5.74, 6) is -0.176. The lowest BCUT2D eigenvalue weighted by Gasteiger charge is -2.22. The number of carbonyl (C=O) groups excluding carboxylic acids is 2. The maximum atomic E-state index is 12.1. The van der Waals surface area contributed by atoms with Crippen LogP contribution in [0.25, 0.3) is 0 Å². The third-order valence-corrected chi connectivity index (χ3v) is 4.00. The molecule has 0 saturated heterocycles. The van der Waals surface area contributed by atoms with Crippen LogP contribution in [0.2, 0.25) is 0 Å². The van der Waals surface area contributed by atoms with E-state index in [1.165, 1.54) is 0 Å². The first kappa shape index (κ1) is 22.4. The van der Waals surface area contributed by atoms with Crippen LogP contribution in [-0.4, -0.2) is 17.4 Å². The Morgan fingerprint density at radius 2 is 1.96 bits per heavy atom. The van der Waals surface area contributed by atoms with E-state index >= 15 is 0 Å². The first-order valence-corrected chi connectivity index (χ1v) is 8.27. The van der Waals surface area contributed by atoms with Gasteiger partial charge in [0.15, 0.2) is 0 Å². The summed E-state index contributed by atoms with van der Waals surface area (Å²) in [5, 5.41) is 5.76. The van der Waals surface area contributed by atoms with Crippen LogP contribution in [0.1, 0.15) is 52.5 Å². The van der Waals surface area contributed by atoms with Gasteiger partial charge in [-0.1, -0.05) is 39.3 Å². The standard InChI is InChI=1S/C18H29N3O2.ClH/c1-5-10-18(4,19)17(23)20-12-14-8-7-9-15(11-14)21-16(22)13(3)6-2;/h7-9,11,13H,5-6,10,12,19H2,1-4H3,(H,20,23)(H,21,22);1H. The van der Waals surface area contributed by atoms with Crippen molar-refractivity contribution in [3.8, 4) is 0 Å². The zero-order chi connectivity index (χ0) is 17.5. The maximum absolute atomic E-state index is 12.1. The van der Waals surface area contributed by atoms with Crippen molar-refractivity contribution in [3.63, 3.8) is 0 Å². The minimum atomic E-state index is -0.850. The molecule has 6 heteroatoms. The second kappa shape index (κ2) is 10.3. The highest BCUT2D eigenvalue weighted by atomic mass is 35.5. The normalized spacial score (nSPS) is 14.0. The van der Waals surface area contributed by atoms with Crippen LogP contribution in [0.5, 0.6) is 0 Å². The highest BCUT2D eigenvalue weighted by Crippen LogP contribution is 2.14. The van der Waals surface area contributed by atoms with E-state index in [0.717, 1.165) is 24.1 Å². The van der Waals surface area contributed by atoms with Crippen LogP contribution in [0, 0.1) is 5.92 Å². The van der Waals surface area contributed by atoms with E-state index in [2.05, 4.69) is 10.6 Å². The maximum Gasteiger partial charge on any atom is 0.240 e. The average Bonchev–Trinajstić information content (AvgIpc) is 2.51. The van der Waals surface area contributed by atoms with Crippen molar-refractivity contribution < 1.29 is 9.59 Å². The number of nitrogens with two attached hydrogens (primary N) is 1. The minimum absolute atomic E-state index is 0. The van der Waals surface area contributed by atoms with Gasteiger partial charge in [-0.05, 0) is 37.5 Å². The van der Waals surface area contributed by atoms with Gasteiger partial charge in [-0.25, -0.2) is 0 Å². The molecule has 0 saturated carbocycles. The summed E-state index contributed by atoms with van der Waals surface area (Å²) in [5.41, 5.74) is 6.83. The molecular weight excluding hydrogens is 326 g/mol. The number of hydrogen-bond acceptors (Lipinski definition) is 3. The van der Waals surface area contributed by atoms with Crippen LogP contribution in [0.3, 0.4) is 0 Å². The predicted octanol–water partition coefficient (Wildman–Crippen LogP) is 3.23. The second-order valence-corrected chi connectivity index (χ2v) is 6.35. The molecule has 136 valence electrons. The molecule has 0 aliphatic carbocycles. The molecule has 2 unspecified atom stereocenters. The van der Waals surface area contributed by atoms with Gasteiger partial charge in [0.05, 0.1) is 5.54 Å². The molecule has 1 rings (SSSR count). The van der Waals surface area contributed by atoms with Crippen molar-refractivity contribution >= 4 is 29.9 Å². The molecule has 2 atom stereocenters. The zero-order valence-corrected chi connectivity index (χ0v) is 15.8. The Labute approximate surface area is 151 Å². The SMILES string of the molecule is CCCC(C)(N)C(=O)NCc1cccc(NC(=O)C(C)CC)c1.Cl. The van der Waals surface area contributed by atoms with E-state index in [1.54, 1.807) is 6.92 Å². The van der Waals surface area contributed by atoms with E-state index in [0.29, 0.717) is 13.0 Å². The molecule has 2 amide bonds. The van der Waals surface area contributed by atoms with Gasteiger partial charge in [0.1, 0.15) is 0 Å². The molecule has 24 heavy (non-hydrogen) atoms. The van der Waals surface area contributed by atoms with Crippen LogP contribution < -0.4 is 16.4 Å². The smallest absolute Gasteiger partial charge is 0.240 e. The summed E-state index contributed by atoms with van der Waals surface area (Å²) >= 11 is 0. The number of amides is 2. The fourth-order valence-corrected chi connectivity index (χ4v) is 2.23. The van der Waals surface area contributed by atoms with Gasteiger partial charge in [0.2, 0.25) is 11.8 Å². The molecule has 0 bridgehead atoms. The van der Waals surface area contributed by atoms with Gasteiger partial charge in [0.25, 0.3) is 0 Å². The molecule has 0 spiro atoms. The fraction of sp³-hybridized carbons (Fsp3) is 0.556. The van der Waals surface area contributed by atoms with Gasteiger partial charge in [0, 0.05) is 18.2 Å². The number of halogens is 1. The minimum Gasteiger partial charge on any atom is -0.350 e. The Balaban J connectivity index is 0.00000529. The van der Waals surface area contributed by atoms with Crippen LogP contribution >= 0.6 is 12.4 Å². The van der Waals surface area contributed by atoms with Crippen LogP contribution in [0.4, 0.5) is 5.69 Å². The molecule has 0 fully saturated rings. The lowest BCUT2D eigenvalue weighted by Crippen LogP contribution is -2.51. The Kier molecular flexibility index (Phi) is 9.63. The number of benzene rings is 1. The summed E-state index contributed by atoms with van der Waals surface area (Å²) in [6.07, 6.45) is 2.30. The molecule has 4 N–H and O–H groups in total. The summed E-state index contributed by atoms with van der Waals surface area (Å²) < 4.78 is 0. The van der Waals surface area contributed by atoms with Gasteiger partial charge in [-0.15, -0.1) is 12.4 Å². The molecule has 0 radical (unpaired) electrons. The fourth-order valence-electron chi connectivity index (χ4n) is 2.23. The number of carbonyl (C=O) groups is 2. The lowest BCUT2D eigenvalue weighted by atomic mass is 9.96. The number of anilines is 1. The molecule has 1 aromatic carbocycles. The van der Waals surface area contributed by atoms with Crippen molar-refractivity contribution in [1.82, 2.24) is 5.32 Å². The Morgan fingerprint density at radius 1 is 1.29 bits per heavy atom. The van der Waals surface area contributed by atoms with Crippen molar-refractivity contribution in [2.24, 2.45) is 11.7 Å². The van der Waals surface area contributed by atoms with E-state index in [4.69, 9.17) is 5.73 Å². The summed E-state index contributed by atoms with van der Waals surface area (Å²) in [4.78, 5) is 24.0. The van der Waals surface area contributed by atoms with Crippen LogP contribution in [-0.2, 0) is 16.1 Å². The third-order valence-electron chi connectivity index (χ3n) is 4.00. The van der Waals surface area contributed by atoms with E-state index in [-0.39, 0.29) is 30.1 Å². The third kappa shape index (κ3) is 6.89. The first-order valence-electron chi connectivity index (χ1n) is 8.27. The predicted molar refractivity (Wildman–Crippen MR) is 101 cm³/mol. The Bertz CT molecular complexity index is 547. The van der Waals surface area contributed by atoms with Gasteiger partial charge < -0.3 is 16.4 Å². The average molecular weight is 356 g/mol. The molecule has 0 aromatic heterocycles. The van der Waals surface area contributed by atoms with Gasteiger partial charge in [-0.3, -0.25) is 9.59 Å². The van der Waals surface area contributed by atoms with Crippen molar-refractivity contribution in [2.75, 3.05) is 5.32 Å². The van der Waals surface area contributed by atoms with Crippen molar-refractivity contribution in [2.45, 2.75) is 59.0 Å². The Hall–Kier alpha value is -1.59.